The fourth-order valence-corrected chi connectivity index (χ4v) is 3.38. The first-order valence-corrected chi connectivity index (χ1v) is 11.4. The number of alkyl carbamates (subject to hydrolysis) is 1. The second-order valence-corrected chi connectivity index (χ2v) is 9.15. The maximum atomic E-state index is 13.5. The lowest BCUT2D eigenvalue weighted by Gasteiger charge is -2.33. The zero-order valence-electron chi connectivity index (χ0n) is 21.1. The molecular weight excluding hydrogens is 450 g/mol. The SMILES string of the molecule is COc1ccc(NC(=O)C(c2ccc(C)cc2)N(CCO)C(=O)C(C)NC(=O)OC(C)(C)C)cc1. The number of aliphatic hydroxyl groups excluding tert-OH is 1. The Bertz CT molecular complexity index is 999. The number of amides is 3. The summed E-state index contributed by atoms with van der Waals surface area (Å²) in [6.45, 7) is 8.08. The largest absolute Gasteiger partial charge is 0.497 e. The average Bonchev–Trinajstić information content (AvgIpc) is 2.78. The third-order valence-electron chi connectivity index (χ3n) is 5.04. The fraction of sp³-hybridized carbons (Fsp3) is 0.423. The zero-order chi connectivity index (χ0) is 26.2. The van der Waals surface area contributed by atoms with Crippen LogP contribution in [0.15, 0.2) is 48.5 Å². The number of ether oxygens (including phenoxy) is 2. The minimum atomic E-state index is -1.06. The molecule has 2 unspecified atom stereocenters. The van der Waals surface area contributed by atoms with E-state index in [1.807, 2.05) is 19.1 Å². The molecular formula is C26H35N3O6. The van der Waals surface area contributed by atoms with Crippen molar-refractivity contribution >= 4 is 23.6 Å². The van der Waals surface area contributed by atoms with Gasteiger partial charge in [-0.25, -0.2) is 4.79 Å². The van der Waals surface area contributed by atoms with E-state index in [1.54, 1.807) is 64.3 Å². The number of hydrogen-bond acceptors (Lipinski definition) is 6. The van der Waals surface area contributed by atoms with E-state index in [9.17, 15) is 19.5 Å². The lowest BCUT2D eigenvalue weighted by molar-refractivity contribution is -0.141. The number of nitrogens with zero attached hydrogens (tertiary/aromatic N) is 1. The molecule has 2 rings (SSSR count). The van der Waals surface area contributed by atoms with E-state index in [-0.39, 0.29) is 13.2 Å². The van der Waals surface area contributed by atoms with Crippen LogP contribution in [0.25, 0.3) is 0 Å². The van der Waals surface area contributed by atoms with Gasteiger partial charge in [0.1, 0.15) is 23.4 Å². The van der Waals surface area contributed by atoms with Crippen molar-refractivity contribution in [1.29, 1.82) is 0 Å². The summed E-state index contributed by atoms with van der Waals surface area (Å²) in [4.78, 5) is 40.4. The number of methoxy groups -OCH3 is 1. The molecule has 0 fully saturated rings. The average molecular weight is 486 g/mol. The van der Waals surface area contributed by atoms with Gasteiger partial charge in [-0.15, -0.1) is 0 Å². The summed E-state index contributed by atoms with van der Waals surface area (Å²) in [5.41, 5.74) is 1.33. The van der Waals surface area contributed by atoms with Crippen molar-refractivity contribution < 1.29 is 29.0 Å². The van der Waals surface area contributed by atoms with Gasteiger partial charge in [-0.3, -0.25) is 9.59 Å². The lowest BCUT2D eigenvalue weighted by atomic mass is 10.0. The van der Waals surface area contributed by atoms with Crippen molar-refractivity contribution in [3.8, 4) is 5.75 Å². The second kappa shape index (κ2) is 12.2. The monoisotopic (exact) mass is 485 g/mol. The Kier molecular flexibility index (Phi) is 9.65. The molecule has 0 spiro atoms. The Hall–Kier alpha value is -3.59. The summed E-state index contributed by atoms with van der Waals surface area (Å²) < 4.78 is 10.4. The van der Waals surface area contributed by atoms with Crippen molar-refractivity contribution in [2.75, 3.05) is 25.6 Å². The normalized spacial score (nSPS) is 12.8. The number of carbonyl (C=O) groups is 3. The minimum absolute atomic E-state index is 0.117. The van der Waals surface area contributed by atoms with Gasteiger partial charge >= 0.3 is 6.09 Å². The lowest BCUT2D eigenvalue weighted by Crippen LogP contribution is -2.51. The Balaban J connectivity index is 2.35. The molecule has 3 amide bonds. The van der Waals surface area contributed by atoms with Crippen LogP contribution in [0.1, 0.15) is 44.9 Å². The highest BCUT2D eigenvalue weighted by atomic mass is 16.6. The fourth-order valence-electron chi connectivity index (χ4n) is 3.38. The Labute approximate surface area is 206 Å². The first-order chi connectivity index (χ1) is 16.4. The van der Waals surface area contributed by atoms with Crippen LogP contribution in [-0.2, 0) is 14.3 Å². The molecule has 0 saturated carbocycles. The number of aryl methyl sites for hydroxylation is 1. The van der Waals surface area contributed by atoms with E-state index < -0.39 is 35.6 Å². The number of nitrogens with one attached hydrogen (secondary N) is 2. The van der Waals surface area contributed by atoms with E-state index >= 15 is 0 Å². The molecule has 190 valence electrons. The van der Waals surface area contributed by atoms with Crippen LogP contribution in [0.2, 0.25) is 0 Å². The summed E-state index contributed by atoms with van der Waals surface area (Å²) in [5, 5.41) is 15.1. The van der Waals surface area contributed by atoms with Crippen LogP contribution >= 0.6 is 0 Å². The van der Waals surface area contributed by atoms with E-state index in [0.717, 1.165) is 5.56 Å². The van der Waals surface area contributed by atoms with Gasteiger partial charge in [-0.1, -0.05) is 29.8 Å². The van der Waals surface area contributed by atoms with Gasteiger partial charge in [0.2, 0.25) is 5.91 Å². The van der Waals surface area contributed by atoms with Crippen LogP contribution in [0.3, 0.4) is 0 Å². The Morgan fingerprint density at radius 1 is 1.03 bits per heavy atom. The highest BCUT2D eigenvalue weighted by molar-refractivity contribution is 5.99. The highest BCUT2D eigenvalue weighted by Gasteiger charge is 2.34. The topological polar surface area (TPSA) is 117 Å². The molecule has 0 radical (unpaired) electrons. The van der Waals surface area contributed by atoms with E-state index in [4.69, 9.17) is 9.47 Å². The predicted molar refractivity (Wildman–Crippen MR) is 133 cm³/mol. The summed E-state index contributed by atoms with van der Waals surface area (Å²) >= 11 is 0. The molecule has 9 heteroatoms. The van der Waals surface area contributed by atoms with E-state index in [2.05, 4.69) is 10.6 Å². The first-order valence-electron chi connectivity index (χ1n) is 11.4. The minimum Gasteiger partial charge on any atom is -0.497 e. The number of benzene rings is 2. The third kappa shape index (κ3) is 8.29. The molecule has 0 saturated heterocycles. The van der Waals surface area contributed by atoms with Crippen LogP contribution in [-0.4, -0.2) is 59.8 Å². The standard InChI is InChI=1S/C26H35N3O6/c1-17-7-9-19(10-8-17)22(23(31)28-20-11-13-21(34-6)14-12-20)29(15-16-30)24(32)18(2)27-25(33)35-26(3,4)5/h7-14,18,22,30H,15-16H2,1-6H3,(H,27,33)(H,28,31). The molecule has 0 aromatic heterocycles. The smallest absolute Gasteiger partial charge is 0.408 e. The predicted octanol–water partition coefficient (Wildman–Crippen LogP) is 3.42. The van der Waals surface area contributed by atoms with Gasteiger partial charge in [0.25, 0.3) is 5.91 Å². The molecule has 0 aliphatic heterocycles. The van der Waals surface area contributed by atoms with Gasteiger partial charge in [0.15, 0.2) is 0 Å². The quantitative estimate of drug-likeness (QED) is 0.501. The van der Waals surface area contributed by atoms with Crippen LogP contribution < -0.4 is 15.4 Å². The van der Waals surface area contributed by atoms with Gasteiger partial charge in [-0.05, 0) is 64.4 Å². The van der Waals surface area contributed by atoms with Crippen LogP contribution in [0.5, 0.6) is 5.75 Å². The number of anilines is 1. The number of carbonyl (C=O) groups excluding carboxylic acids is 3. The van der Waals surface area contributed by atoms with Crippen molar-refractivity contribution in [2.45, 2.75) is 52.3 Å². The molecule has 0 aliphatic carbocycles. The molecule has 35 heavy (non-hydrogen) atoms. The van der Waals surface area contributed by atoms with E-state index in [0.29, 0.717) is 17.0 Å². The van der Waals surface area contributed by atoms with Crippen molar-refractivity contribution in [1.82, 2.24) is 10.2 Å². The second-order valence-electron chi connectivity index (χ2n) is 9.15. The number of hydrogen-bond donors (Lipinski definition) is 3. The summed E-state index contributed by atoms with van der Waals surface area (Å²) in [7, 11) is 1.55. The molecule has 0 aliphatic rings. The maximum Gasteiger partial charge on any atom is 0.408 e. The summed E-state index contributed by atoms with van der Waals surface area (Å²) in [6, 6.07) is 11.9. The van der Waals surface area contributed by atoms with E-state index in [1.165, 1.54) is 11.8 Å². The number of aliphatic hydroxyl groups is 1. The Morgan fingerprint density at radius 2 is 1.63 bits per heavy atom. The highest BCUT2D eigenvalue weighted by Crippen LogP contribution is 2.25. The summed E-state index contributed by atoms with van der Waals surface area (Å²) in [5.74, 6) is -0.372. The van der Waals surface area contributed by atoms with Crippen LogP contribution in [0, 0.1) is 6.92 Å². The first kappa shape index (κ1) is 27.7. The maximum absolute atomic E-state index is 13.5. The van der Waals surface area contributed by atoms with Gasteiger partial charge in [0.05, 0.1) is 13.7 Å². The molecule has 0 heterocycles. The van der Waals surface area contributed by atoms with Crippen molar-refractivity contribution in [3.63, 3.8) is 0 Å². The van der Waals surface area contributed by atoms with Gasteiger partial charge in [0, 0.05) is 12.2 Å². The zero-order valence-corrected chi connectivity index (χ0v) is 21.1. The molecule has 2 atom stereocenters. The molecule has 2 aromatic rings. The molecule has 0 bridgehead atoms. The van der Waals surface area contributed by atoms with Crippen molar-refractivity contribution in [3.05, 3.63) is 59.7 Å². The van der Waals surface area contributed by atoms with Gasteiger partial charge < -0.3 is 30.1 Å². The Morgan fingerprint density at radius 3 is 2.14 bits per heavy atom. The molecule has 3 N–H and O–H groups in total. The van der Waals surface area contributed by atoms with Crippen molar-refractivity contribution in [2.24, 2.45) is 0 Å². The van der Waals surface area contributed by atoms with Gasteiger partial charge in [-0.2, -0.15) is 0 Å². The summed E-state index contributed by atoms with van der Waals surface area (Å²) in [6.07, 6.45) is -0.753. The molecule has 2 aromatic carbocycles. The number of rotatable bonds is 9. The van der Waals surface area contributed by atoms with Crippen LogP contribution in [0.4, 0.5) is 10.5 Å². The third-order valence-corrected chi connectivity index (χ3v) is 5.04. The molecule has 9 nitrogen and oxygen atoms in total.